The highest BCUT2D eigenvalue weighted by Crippen LogP contribution is 2.33. The predicted octanol–water partition coefficient (Wildman–Crippen LogP) is 4.34. The zero-order valence-electron chi connectivity index (χ0n) is 15.5. The summed E-state index contributed by atoms with van der Waals surface area (Å²) in [4.78, 5) is 0. The molecule has 0 bridgehead atoms. The summed E-state index contributed by atoms with van der Waals surface area (Å²) in [6.07, 6.45) is 9.12. The van der Waals surface area contributed by atoms with E-state index in [0.29, 0.717) is 11.2 Å². The van der Waals surface area contributed by atoms with E-state index in [4.69, 9.17) is 12.2 Å². The molecule has 26 heavy (non-hydrogen) atoms. The van der Waals surface area contributed by atoms with Gasteiger partial charge in [0.25, 0.3) is 0 Å². The lowest BCUT2D eigenvalue weighted by atomic mass is 10.2. The minimum atomic E-state index is 0.583. The average molecular weight is 390 g/mol. The second-order valence-corrected chi connectivity index (χ2v) is 7.95. The first-order valence-electron chi connectivity index (χ1n) is 9.26. The molecule has 1 fully saturated rings. The van der Waals surface area contributed by atoms with Crippen LogP contribution in [0.25, 0.3) is 0 Å². The van der Waals surface area contributed by atoms with Crippen LogP contribution in [0.3, 0.4) is 0 Å². The van der Waals surface area contributed by atoms with Gasteiger partial charge in [-0.3, -0.25) is 0 Å². The Bertz CT molecular complexity index is 737. The SMILES string of the molecule is CSc1nnc(CCCNC(=S)Nc2cccc(C)c2)n1C1CCCC1. The van der Waals surface area contributed by atoms with Gasteiger partial charge < -0.3 is 15.2 Å². The van der Waals surface area contributed by atoms with Crippen molar-refractivity contribution in [1.29, 1.82) is 0 Å². The maximum absolute atomic E-state index is 5.39. The number of aryl methyl sites for hydroxylation is 2. The van der Waals surface area contributed by atoms with Crippen LogP contribution in [0, 0.1) is 6.92 Å². The Kier molecular flexibility index (Phi) is 6.91. The second kappa shape index (κ2) is 9.37. The Balaban J connectivity index is 1.47. The van der Waals surface area contributed by atoms with E-state index < -0.39 is 0 Å². The molecule has 1 aromatic carbocycles. The highest BCUT2D eigenvalue weighted by molar-refractivity contribution is 7.98. The first kappa shape index (κ1) is 19.2. The fourth-order valence-electron chi connectivity index (χ4n) is 3.49. The summed E-state index contributed by atoms with van der Waals surface area (Å²) < 4.78 is 2.38. The molecule has 0 spiro atoms. The summed E-state index contributed by atoms with van der Waals surface area (Å²) in [5.74, 6) is 1.11. The summed E-state index contributed by atoms with van der Waals surface area (Å²) >= 11 is 7.08. The number of nitrogens with zero attached hydrogens (tertiary/aromatic N) is 3. The van der Waals surface area contributed by atoms with Crippen LogP contribution in [0.1, 0.15) is 49.5 Å². The first-order valence-corrected chi connectivity index (χ1v) is 10.9. The van der Waals surface area contributed by atoms with E-state index in [1.807, 2.05) is 12.1 Å². The molecule has 0 aliphatic heterocycles. The third-order valence-electron chi connectivity index (χ3n) is 4.75. The van der Waals surface area contributed by atoms with Crippen molar-refractivity contribution in [3.05, 3.63) is 35.7 Å². The van der Waals surface area contributed by atoms with Gasteiger partial charge in [-0.25, -0.2) is 0 Å². The van der Waals surface area contributed by atoms with Crippen molar-refractivity contribution in [3.8, 4) is 0 Å². The van der Waals surface area contributed by atoms with Crippen molar-refractivity contribution in [1.82, 2.24) is 20.1 Å². The molecule has 1 aliphatic carbocycles. The normalized spacial score (nSPS) is 14.5. The molecule has 1 saturated carbocycles. The third-order valence-corrected chi connectivity index (χ3v) is 5.64. The molecule has 0 amide bonds. The quantitative estimate of drug-likeness (QED) is 0.417. The maximum Gasteiger partial charge on any atom is 0.191 e. The molecule has 5 nitrogen and oxygen atoms in total. The van der Waals surface area contributed by atoms with Crippen LogP contribution in [-0.2, 0) is 6.42 Å². The number of hydrogen-bond donors (Lipinski definition) is 2. The molecule has 3 rings (SSSR count). The van der Waals surface area contributed by atoms with Crippen molar-refractivity contribution in [2.45, 2.75) is 56.6 Å². The first-order chi connectivity index (χ1) is 12.7. The van der Waals surface area contributed by atoms with E-state index >= 15 is 0 Å². The summed E-state index contributed by atoms with van der Waals surface area (Å²) in [5, 5.41) is 17.1. The number of thioether (sulfide) groups is 1. The van der Waals surface area contributed by atoms with Gasteiger partial charge in [0, 0.05) is 24.7 Å². The van der Waals surface area contributed by atoms with Crippen molar-refractivity contribution >= 4 is 34.8 Å². The Morgan fingerprint density at radius 1 is 1.31 bits per heavy atom. The topological polar surface area (TPSA) is 54.8 Å². The fraction of sp³-hybridized carbons (Fsp3) is 0.526. The standard InChI is InChI=1S/C19H27N5S2/c1-14-7-5-8-15(13-14)21-18(25)20-12-6-11-17-22-23-19(26-2)24(17)16-9-3-4-10-16/h5,7-8,13,16H,3-4,6,9-12H2,1-2H3,(H2,20,21,25). The second-order valence-electron chi connectivity index (χ2n) is 6.77. The molecule has 2 aromatic rings. The summed E-state index contributed by atoms with van der Waals surface area (Å²) in [6.45, 7) is 2.90. The minimum Gasteiger partial charge on any atom is -0.362 e. The molecule has 1 heterocycles. The Morgan fingerprint density at radius 2 is 2.12 bits per heavy atom. The van der Waals surface area contributed by atoms with Gasteiger partial charge in [0.05, 0.1) is 0 Å². The number of anilines is 1. The van der Waals surface area contributed by atoms with Crippen LogP contribution in [-0.4, -0.2) is 32.7 Å². The highest BCUT2D eigenvalue weighted by Gasteiger charge is 2.23. The Labute approximate surface area is 165 Å². The van der Waals surface area contributed by atoms with Crippen molar-refractivity contribution in [2.24, 2.45) is 0 Å². The number of aromatic nitrogens is 3. The third kappa shape index (κ3) is 4.98. The molecular weight excluding hydrogens is 362 g/mol. The van der Waals surface area contributed by atoms with Gasteiger partial charge in [-0.05, 0) is 62.4 Å². The zero-order chi connectivity index (χ0) is 18.4. The lowest BCUT2D eigenvalue weighted by Gasteiger charge is -2.16. The molecule has 7 heteroatoms. The Morgan fingerprint density at radius 3 is 2.85 bits per heavy atom. The zero-order valence-corrected chi connectivity index (χ0v) is 17.1. The van der Waals surface area contributed by atoms with E-state index in [2.05, 4.69) is 50.7 Å². The van der Waals surface area contributed by atoms with E-state index in [9.17, 15) is 0 Å². The molecule has 140 valence electrons. The van der Waals surface area contributed by atoms with Gasteiger partial charge in [0.15, 0.2) is 10.3 Å². The predicted molar refractivity (Wildman–Crippen MR) is 113 cm³/mol. The molecule has 1 aliphatic rings. The van der Waals surface area contributed by atoms with E-state index in [1.165, 1.54) is 31.2 Å². The van der Waals surface area contributed by atoms with Gasteiger partial charge >= 0.3 is 0 Å². The fourth-order valence-corrected chi connectivity index (χ4v) is 4.29. The van der Waals surface area contributed by atoms with Crippen LogP contribution < -0.4 is 10.6 Å². The van der Waals surface area contributed by atoms with E-state index in [1.54, 1.807) is 11.8 Å². The van der Waals surface area contributed by atoms with Crippen molar-refractivity contribution < 1.29 is 0 Å². The lowest BCUT2D eigenvalue weighted by Crippen LogP contribution is -2.29. The average Bonchev–Trinajstić information content (AvgIpc) is 3.27. The number of thiocarbonyl (C=S) groups is 1. The number of benzene rings is 1. The van der Waals surface area contributed by atoms with Crippen LogP contribution >= 0.6 is 24.0 Å². The Hall–Kier alpha value is -1.60. The smallest absolute Gasteiger partial charge is 0.191 e. The largest absolute Gasteiger partial charge is 0.362 e. The van der Waals surface area contributed by atoms with E-state index in [-0.39, 0.29) is 0 Å². The maximum atomic E-state index is 5.39. The van der Waals surface area contributed by atoms with E-state index in [0.717, 1.165) is 36.1 Å². The number of hydrogen-bond acceptors (Lipinski definition) is 4. The van der Waals surface area contributed by atoms with Crippen LogP contribution in [0.2, 0.25) is 0 Å². The van der Waals surface area contributed by atoms with Crippen LogP contribution in [0.4, 0.5) is 5.69 Å². The van der Waals surface area contributed by atoms with Gasteiger partial charge in [-0.15, -0.1) is 10.2 Å². The monoisotopic (exact) mass is 389 g/mol. The van der Waals surface area contributed by atoms with Gasteiger partial charge in [-0.1, -0.05) is 36.7 Å². The molecule has 1 aromatic heterocycles. The van der Waals surface area contributed by atoms with Crippen LogP contribution in [0.5, 0.6) is 0 Å². The van der Waals surface area contributed by atoms with Crippen molar-refractivity contribution in [2.75, 3.05) is 18.1 Å². The minimum absolute atomic E-state index is 0.583. The highest BCUT2D eigenvalue weighted by atomic mass is 32.2. The molecule has 0 unspecified atom stereocenters. The van der Waals surface area contributed by atoms with Crippen molar-refractivity contribution in [3.63, 3.8) is 0 Å². The summed E-state index contributed by atoms with van der Waals surface area (Å²) in [6, 6.07) is 8.79. The lowest BCUT2D eigenvalue weighted by molar-refractivity contribution is 0.460. The van der Waals surface area contributed by atoms with Gasteiger partial charge in [0.2, 0.25) is 0 Å². The summed E-state index contributed by atoms with van der Waals surface area (Å²) in [7, 11) is 0. The molecular formula is C19H27N5S2. The molecule has 0 atom stereocenters. The molecule has 0 radical (unpaired) electrons. The van der Waals surface area contributed by atoms with Gasteiger partial charge in [-0.2, -0.15) is 0 Å². The number of rotatable bonds is 7. The summed E-state index contributed by atoms with van der Waals surface area (Å²) in [5.41, 5.74) is 2.24. The van der Waals surface area contributed by atoms with Crippen LogP contribution in [0.15, 0.2) is 29.4 Å². The number of nitrogens with one attached hydrogen (secondary N) is 2. The molecule has 2 N–H and O–H groups in total. The molecule has 0 saturated heterocycles. The van der Waals surface area contributed by atoms with Gasteiger partial charge in [0.1, 0.15) is 5.82 Å².